The number of ether oxygens (including phenoxy) is 2. The van der Waals surface area contributed by atoms with Crippen LogP contribution in [0.5, 0.6) is 5.75 Å². The highest BCUT2D eigenvalue weighted by Crippen LogP contribution is 2.31. The molecule has 1 heterocycles. The topological polar surface area (TPSA) is 112 Å². The van der Waals surface area contributed by atoms with E-state index < -0.39 is 27.9 Å². The highest BCUT2D eigenvalue weighted by molar-refractivity contribution is 7.90. The molecular weight excluding hydrogens is 458 g/mol. The Hall–Kier alpha value is -3.85. The van der Waals surface area contributed by atoms with Gasteiger partial charge in [-0.2, -0.15) is 0 Å². The third-order valence-corrected chi connectivity index (χ3v) is 6.11. The molecule has 1 aromatic heterocycles. The summed E-state index contributed by atoms with van der Waals surface area (Å²) in [4.78, 5) is 25.2. The summed E-state index contributed by atoms with van der Waals surface area (Å²) in [6.45, 7) is 0.00471. The van der Waals surface area contributed by atoms with Crippen LogP contribution in [0, 0.1) is 0 Å². The number of nitrogens with one attached hydrogen (secondary N) is 1. The number of para-hydroxylation sites is 1. The molecule has 0 aliphatic heterocycles. The Balaban J connectivity index is 1.48. The van der Waals surface area contributed by atoms with E-state index in [9.17, 15) is 18.0 Å². The first-order valence-electron chi connectivity index (χ1n) is 10.6. The average molecular weight is 482 g/mol. The number of hydrogen-bond acceptors (Lipinski definition) is 7. The summed E-state index contributed by atoms with van der Waals surface area (Å²) in [7, 11) is -3.37. The molecule has 1 unspecified atom stereocenters. The molecule has 0 bridgehead atoms. The van der Waals surface area contributed by atoms with E-state index in [0.29, 0.717) is 11.2 Å². The number of alkyl carbamates (subject to hydrolysis) is 1. The molecule has 1 N–H and O–H groups in total. The van der Waals surface area contributed by atoms with Gasteiger partial charge in [-0.15, -0.1) is 0 Å². The lowest BCUT2D eigenvalue weighted by molar-refractivity contribution is -0.136. The Labute approximate surface area is 196 Å². The second kappa shape index (κ2) is 9.96. The second-order valence-corrected chi connectivity index (χ2v) is 10.1. The predicted molar refractivity (Wildman–Crippen MR) is 127 cm³/mol. The molecule has 1 amide bonds. The molecule has 4 aromatic rings. The minimum absolute atomic E-state index is 0.00471. The summed E-state index contributed by atoms with van der Waals surface area (Å²) in [5, 5.41) is 4.06. The van der Waals surface area contributed by atoms with Crippen LogP contribution in [0.3, 0.4) is 0 Å². The predicted octanol–water partition coefficient (Wildman–Crippen LogP) is 4.22. The first-order valence-corrected chi connectivity index (χ1v) is 12.6. The van der Waals surface area contributed by atoms with Crippen LogP contribution in [0.4, 0.5) is 4.79 Å². The van der Waals surface area contributed by atoms with Gasteiger partial charge >= 0.3 is 12.1 Å². The molecule has 176 valence electrons. The number of rotatable bonds is 8. The van der Waals surface area contributed by atoms with E-state index in [4.69, 9.17) is 13.9 Å². The Morgan fingerprint density at radius 2 is 1.65 bits per heavy atom. The SMILES string of the molecule is CS(=O)(=O)CCC(NC(=O)OCc1ccccc1)C(=O)Oc1ccc2oc3ccccc3c2c1. The van der Waals surface area contributed by atoms with E-state index >= 15 is 0 Å². The van der Waals surface area contributed by atoms with E-state index in [2.05, 4.69) is 5.32 Å². The number of hydrogen-bond donors (Lipinski definition) is 1. The molecule has 0 saturated heterocycles. The molecule has 0 radical (unpaired) electrons. The number of furan rings is 1. The zero-order valence-electron chi connectivity index (χ0n) is 18.4. The number of sulfone groups is 1. The Bertz CT molecular complexity index is 1430. The van der Waals surface area contributed by atoms with Gasteiger partial charge in [0.15, 0.2) is 0 Å². The molecule has 1 atom stereocenters. The van der Waals surface area contributed by atoms with Crippen molar-refractivity contribution in [3.8, 4) is 5.75 Å². The first kappa shape index (κ1) is 23.3. The highest BCUT2D eigenvalue weighted by atomic mass is 32.2. The maximum absolute atomic E-state index is 12.9. The Morgan fingerprint density at radius 1 is 0.941 bits per heavy atom. The zero-order chi connectivity index (χ0) is 24.1. The van der Waals surface area contributed by atoms with E-state index in [1.54, 1.807) is 30.3 Å². The quantitative estimate of drug-likeness (QED) is 0.296. The van der Waals surface area contributed by atoms with Crippen LogP contribution in [0.2, 0.25) is 0 Å². The number of amides is 1. The van der Waals surface area contributed by atoms with Crippen molar-refractivity contribution in [1.82, 2.24) is 5.32 Å². The molecule has 3 aromatic carbocycles. The number of fused-ring (bicyclic) bond motifs is 3. The summed E-state index contributed by atoms with van der Waals surface area (Å²) >= 11 is 0. The van der Waals surface area contributed by atoms with Crippen molar-refractivity contribution in [1.29, 1.82) is 0 Å². The molecule has 4 rings (SSSR count). The highest BCUT2D eigenvalue weighted by Gasteiger charge is 2.25. The van der Waals surface area contributed by atoms with Crippen LogP contribution >= 0.6 is 0 Å². The van der Waals surface area contributed by atoms with Crippen molar-refractivity contribution >= 4 is 43.8 Å². The molecule has 0 aliphatic rings. The van der Waals surface area contributed by atoms with Crippen molar-refractivity contribution in [2.24, 2.45) is 0 Å². The molecular formula is C25H23NO7S. The van der Waals surface area contributed by atoms with Crippen LogP contribution in [-0.2, 0) is 26.0 Å². The number of carbonyl (C=O) groups excluding carboxylic acids is 2. The smallest absolute Gasteiger partial charge is 0.408 e. The minimum atomic E-state index is -3.37. The first-order chi connectivity index (χ1) is 16.3. The van der Waals surface area contributed by atoms with Crippen LogP contribution in [0.15, 0.2) is 77.2 Å². The van der Waals surface area contributed by atoms with E-state index in [0.717, 1.165) is 22.6 Å². The molecule has 0 aliphatic carbocycles. The van der Waals surface area contributed by atoms with E-state index in [-0.39, 0.29) is 24.5 Å². The lowest BCUT2D eigenvalue weighted by Crippen LogP contribution is -2.44. The minimum Gasteiger partial charge on any atom is -0.456 e. The van der Waals surface area contributed by atoms with Crippen LogP contribution in [0.25, 0.3) is 21.9 Å². The molecule has 0 spiro atoms. The lowest BCUT2D eigenvalue weighted by atomic mass is 10.1. The van der Waals surface area contributed by atoms with Gasteiger partial charge in [0.1, 0.15) is 39.4 Å². The largest absolute Gasteiger partial charge is 0.456 e. The molecule has 9 heteroatoms. The third kappa shape index (κ3) is 5.93. The average Bonchev–Trinajstić information content (AvgIpc) is 3.18. The summed E-state index contributed by atoms with van der Waals surface area (Å²) < 4.78 is 39.7. The second-order valence-electron chi connectivity index (χ2n) is 7.85. The van der Waals surface area contributed by atoms with E-state index in [1.807, 2.05) is 42.5 Å². The van der Waals surface area contributed by atoms with Gasteiger partial charge in [-0.3, -0.25) is 0 Å². The molecule has 34 heavy (non-hydrogen) atoms. The fraction of sp³-hybridized carbons (Fsp3) is 0.200. The number of benzene rings is 3. The molecule has 0 saturated carbocycles. The lowest BCUT2D eigenvalue weighted by Gasteiger charge is -2.17. The van der Waals surface area contributed by atoms with Crippen LogP contribution in [-0.4, -0.2) is 38.5 Å². The fourth-order valence-electron chi connectivity index (χ4n) is 3.44. The summed E-state index contributed by atoms with van der Waals surface area (Å²) in [5.74, 6) is -0.864. The molecule has 8 nitrogen and oxygen atoms in total. The van der Waals surface area contributed by atoms with Crippen LogP contribution in [0.1, 0.15) is 12.0 Å². The van der Waals surface area contributed by atoms with Gasteiger partial charge in [0.2, 0.25) is 0 Å². The summed E-state index contributed by atoms with van der Waals surface area (Å²) in [6, 6.07) is 20.2. The van der Waals surface area contributed by atoms with Crippen molar-refractivity contribution < 1.29 is 31.9 Å². The van der Waals surface area contributed by atoms with Crippen molar-refractivity contribution in [2.45, 2.75) is 19.1 Å². The number of esters is 1. The standard InChI is InChI=1S/C25H23NO7S/c1-34(29,30)14-13-21(26-25(28)31-16-17-7-3-2-4-8-17)24(27)32-18-11-12-23-20(15-18)19-9-5-6-10-22(19)33-23/h2-12,15,21H,13-14,16H2,1H3,(H,26,28). The van der Waals surface area contributed by atoms with E-state index in [1.165, 1.54) is 0 Å². The normalized spacial score (nSPS) is 12.4. The van der Waals surface area contributed by atoms with Crippen LogP contribution < -0.4 is 10.1 Å². The van der Waals surface area contributed by atoms with Gasteiger partial charge in [0.25, 0.3) is 0 Å². The van der Waals surface area contributed by atoms with Gasteiger partial charge < -0.3 is 19.2 Å². The maximum Gasteiger partial charge on any atom is 0.408 e. The zero-order valence-corrected chi connectivity index (χ0v) is 19.2. The third-order valence-electron chi connectivity index (χ3n) is 5.13. The van der Waals surface area contributed by atoms with Gasteiger partial charge in [0.05, 0.1) is 5.75 Å². The van der Waals surface area contributed by atoms with Crippen molar-refractivity contribution in [2.75, 3.05) is 12.0 Å². The van der Waals surface area contributed by atoms with Gasteiger partial charge in [0, 0.05) is 17.0 Å². The summed E-state index contributed by atoms with van der Waals surface area (Å²) in [6.07, 6.45) is 0.0475. The monoisotopic (exact) mass is 481 g/mol. The van der Waals surface area contributed by atoms with Crippen molar-refractivity contribution in [3.63, 3.8) is 0 Å². The number of carbonyl (C=O) groups is 2. The van der Waals surface area contributed by atoms with Gasteiger partial charge in [-0.1, -0.05) is 48.5 Å². The maximum atomic E-state index is 12.9. The Morgan fingerprint density at radius 3 is 2.41 bits per heavy atom. The van der Waals surface area contributed by atoms with Gasteiger partial charge in [-0.05, 0) is 36.2 Å². The molecule has 0 fully saturated rings. The fourth-order valence-corrected chi connectivity index (χ4v) is 4.11. The van der Waals surface area contributed by atoms with Gasteiger partial charge in [-0.25, -0.2) is 18.0 Å². The summed E-state index contributed by atoms with van der Waals surface area (Å²) in [5.41, 5.74) is 2.11. The van der Waals surface area contributed by atoms with Crippen molar-refractivity contribution in [3.05, 3.63) is 78.4 Å². The Kier molecular flexibility index (Phi) is 6.83.